The van der Waals surface area contributed by atoms with Gasteiger partial charge in [-0.3, -0.25) is 9.05 Å². The third-order valence-electron chi connectivity index (χ3n) is 9.04. The average Bonchev–Trinajstić information content (AvgIpc) is 3.12. The van der Waals surface area contributed by atoms with Crippen molar-refractivity contribution in [2.45, 2.75) is 174 Å². The summed E-state index contributed by atoms with van der Waals surface area (Å²) in [7, 11) is 1.38. The van der Waals surface area contributed by atoms with E-state index in [1.54, 1.807) is 18.2 Å². The zero-order valence-electron chi connectivity index (χ0n) is 35.2. The molecule has 0 aromatic carbocycles. The largest absolute Gasteiger partial charge is 0.472 e. The molecule has 0 rings (SSSR count). The number of rotatable bonds is 38. The van der Waals surface area contributed by atoms with Crippen LogP contribution in [0.15, 0.2) is 48.6 Å². The summed E-state index contributed by atoms with van der Waals surface area (Å²) in [5.74, 6) is -1.27. The van der Waals surface area contributed by atoms with Crippen LogP contribution in [0.4, 0.5) is 0 Å². The molecule has 0 saturated heterocycles. The van der Waals surface area contributed by atoms with Gasteiger partial charge in [0.05, 0.1) is 27.7 Å². The van der Waals surface area contributed by atoms with Crippen molar-refractivity contribution in [1.82, 2.24) is 0 Å². The summed E-state index contributed by atoms with van der Waals surface area (Å²) in [6.45, 7) is 4.17. The highest BCUT2D eigenvalue weighted by Gasteiger charge is 2.26. The summed E-state index contributed by atoms with van der Waals surface area (Å²) in [6, 6.07) is 0. The Morgan fingerprint density at radius 2 is 1.04 bits per heavy atom. The van der Waals surface area contributed by atoms with Gasteiger partial charge in [-0.25, -0.2) is 14.2 Å². The van der Waals surface area contributed by atoms with Crippen LogP contribution in [-0.4, -0.2) is 74.9 Å². The Labute approximate surface area is 331 Å². The van der Waals surface area contributed by atoms with E-state index >= 15 is 0 Å². The van der Waals surface area contributed by atoms with Crippen molar-refractivity contribution < 1.29 is 42.1 Å². The van der Waals surface area contributed by atoms with E-state index < -0.39 is 32.5 Å². The van der Waals surface area contributed by atoms with Gasteiger partial charge in [0.25, 0.3) is 0 Å². The maximum absolute atomic E-state index is 12.5. The molecule has 10 heteroatoms. The fourth-order valence-electron chi connectivity index (χ4n) is 5.66. The monoisotopic (exact) mass is 783 g/mol. The number of carbonyl (C=O) groups is 2. The van der Waals surface area contributed by atoms with Gasteiger partial charge in [0, 0.05) is 12.2 Å². The van der Waals surface area contributed by atoms with Crippen molar-refractivity contribution in [2.24, 2.45) is 0 Å². The van der Waals surface area contributed by atoms with Crippen molar-refractivity contribution >= 4 is 19.8 Å². The third-order valence-corrected chi connectivity index (χ3v) is 10.0. The molecular weight excluding hydrogens is 701 g/mol. The molecule has 0 aliphatic rings. The third kappa shape index (κ3) is 39.7. The summed E-state index contributed by atoms with van der Waals surface area (Å²) in [5.41, 5.74) is 0. The summed E-state index contributed by atoms with van der Waals surface area (Å²) in [4.78, 5) is 35.1. The van der Waals surface area contributed by atoms with Crippen LogP contribution in [-0.2, 0) is 32.7 Å². The van der Waals surface area contributed by atoms with E-state index in [-0.39, 0.29) is 13.2 Å². The maximum atomic E-state index is 12.5. The highest BCUT2D eigenvalue weighted by molar-refractivity contribution is 7.47. The first kappa shape index (κ1) is 52.0. The van der Waals surface area contributed by atoms with Crippen LogP contribution in [0.2, 0.25) is 0 Å². The standard InChI is InChI=1S/C44H80NO8P/c1-6-8-10-12-14-16-18-20-22-24-26-28-30-32-34-36-43(46)50-40-42(41-52-54(48,49)51-39-38-45(3,4)5)53-44(47)37-35-33-31-29-27-25-23-21-19-17-15-13-11-9-7-2/h27,29,31,33-37,42H,6-26,28,30,32,38-41H2,1-5H3/p+1/t42-/m1/s1. The first-order valence-corrected chi connectivity index (χ1v) is 22.9. The van der Waals surface area contributed by atoms with E-state index in [2.05, 4.69) is 19.9 Å². The van der Waals surface area contributed by atoms with Crippen molar-refractivity contribution in [3.63, 3.8) is 0 Å². The second-order valence-corrected chi connectivity index (χ2v) is 17.0. The van der Waals surface area contributed by atoms with E-state index in [9.17, 15) is 19.0 Å². The van der Waals surface area contributed by atoms with Crippen LogP contribution < -0.4 is 0 Å². The molecule has 9 nitrogen and oxygen atoms in total. The first-order valence-electron chi connectivity index (χ1n) is 21.4. The van der Waals surface area contributed by atoms with Gasteiger partial charge >= 0.3 is 19.8 Å². The number of ether oxygens (including phenoxy) is 2. The molecule has 314 valence electrons. The van der Waals surface area contributed by atoms with Crippen LogP contribution in [0.1, 0.15) is 168 Å². The second-order valence-electron chi connectivity index (χ2n) is 15.5. The predicted octanol–water partition coefficient (Wildman–Crippen LogP) is 11.9. The lowest BCUT2D eigenvalue weighted by atomic mass is 10.0. The summed E-state index contributed by atoms with van der Waals surface area (Å²) < 4.78 is 33.9. The number of unbranched alkanes of at least 4 members (excludes halogenated alkanes) is 22. The van der Waals surface area contributed by atoms with E-state index in [0.29, 0.717) is 11.0 Å². The lowest BCUT2D eigenvalue weighted by molar-refractivity contribution is -0.870. The van der Waals surface area contributed by atoms with Crippen LogP contribution >= 0.6 is 7.82 Å². The zero-order valence-corrected chi connectivity index (χ0v) is 36.1. The molecule has 0 fully saturated rings. The number of quaternary nitrogens is 1. The molecule has 0 heterocycles. The number of phosphoric acid groups is 1. The molecule has 0 aliphatic carbocycles. The lowest BCUT2D eigenvalue weighted by Crippen LogP contribution is -2.37. The average molecular weight is 783 g/mol. The molecule has 1 N–H and O–H groups in total. The van der Waals surface area contributed by atoms with Crippen LogP contribution in [0, 0.1) is 0 Å². The van der Waals surface area contributed by atoms with Gasteiger partial charge in [0.1, 0.15) is 19.8 Å². The SMILES string of the molecule is CCCCCCCCCCCC=CC=CC=CC(=O)O[C@H](COC(=O)C=CCCCCCCCCCCCCCCC)COP(=O)(O)OCC[N+](C)(C)C. The summed E-state index contributed by atoms with van der Waals surface area (Å²) >= 11 is 0. The number of likely N-dealkylation sites (N-methyl/N-ethyl adjacent to an activating group) is 1. The second kappa shape index (κ2) is 36.6. The molecule has 2 atom stereocenters. The smallest absolute Gasteiger partial charge is 0.458 e. The molecule has 54 heavy (non-hydrogen) atoms. The van der Waals surface area contributed by atoms with Gasteiger partial charge < -0.3 is 18.9 Å². The summed E-state index contributed by atoms with van der Waals surface area (Å²) in [6.07, 6.45) is 42.8. The minimum Gasteiger partial charge on any atom is -0.458 e. The minimum atomic E-state index is -4.42. The normalized spacial score (nSPS) is 14.1. The number of nitrogens with zero attached hydrogens (tertiary/aromatic N) is 1. The number of hydrogen-bond acceptors (Lipinski definition) is 7. The van der Waals surface area contributed by atoms with Crippen LogP contribution in [0.5, 0.6) is 0 Å². The molecule has 0 amide bonds. The summed E-state index contributed by atoms with van der Waals surface area (Å²) in [5, 5.41) is 0. The highest BCUT2D eigenvalue weighted by Crippen LogP contribution is 2.43. The Bertz CT molecular complexity index is 1070. The van der Waals surface area contributed by atoms with Crippen LogP contribution in [0.3, 0.4) is 0 Å². The zero-order chi connectivity index (χ0) is 40.0. The quantitative estimate of drug-likeness (QED) is 0.0165. The molecule has 0 bridgehead atoms. The fourth-order valence-corrected chi connectivity index (χ4v) is 6.40. The highest BCUT2D eigenvalue weighted by atomic mass is 31.2. The first-order chi connectivity index (χ1) is 26.0. The van der Waals surface area contributed by atoms with Crippen LogP contribution in [0.25, 0.3) is 0 Å². The van der Waals surface area contributed by atoms with Gasteiger partial charge in [-0.2, -0.15) is 0 Å². The van der Waals surface area contributed by atoms with E-state index in [1.165, 1.54) is 141 Å². The maximum Gasteiger partial charge on any atom is 0.472 e. The molecule has 1 unspecified atom stereocenters. The van der Waals surface area contributed by atoms with Crippen molar-refractivity contribution in [3.8, 4) is 0 Å². The molecular formula is C44H81NO8P+. The van der Waals surface area contributed by atoms with Gasteiger partial charge in [-0.15, -0.1) is 0 Å². The van der Waals surface area contributed by atoms with Gasteiger partial charge in [0.15, 0.2) is 6.10 Å². The predicted molar refractivity (Wildman–Crippen MR) is 224 cm³/mol. The topological polar surface area (TPSA) is 108 Å². The molecule has 0 radical (unpaired) electrons. The number of carbonyl (C=O) groups excluding carboxylic acids is 2. The van der Waals surface area contributed by atoms with E-state index in [1.807, 2.05) is 33.3 Å². The van der Waals surface area contributed by atoms with E-state index in [4.69, 9.17) is 18.5 Å². The lowest BCUT2D eigenvalue weighted by Gasteiger charge is -2.24. The Hall–Kier alpha value is -2.03. The van der Waals surface area contributed by atoms with Gasteiger partial charge in [-0.1, -0.05) is 179 Å². The molecule has 0 aromatic rings. The molecule has 0 spiro atoms. The van der Waals surface area contributed by atoms with Crippen molar-refractivity contribution in [3.05, 3.63) is 48.6 Å². The van der Waals surface area contributed by atoms with E-state index in [0.717, 1.165) is 25.7 Å². The minimum absolute atomic E-state index is 0.00345. The Kier molecular flexibility index (Phi) is 35.2. The Morgan fingerprint density at radius 3 is 1.54 bits per heavy atom. The number of hydrogen-bond donors (Lipinski definition) is 1. The Morgan fingerprint density at radius 1 is 0.574 bits per heavy atom. The number of phosphoric ester groups is 1. The molecule has 0 saturated carbocycles. The Balaban J connectivity index is 4.58. The number of allylic oxidation sites excluding steroid dienone is 6. The molecule has 0 aromatic heterocycles. The molecule has 0 aliphatic heterocycles. The fraction of sp³-hybridized carbons (Fsp3) is 0.773. The van der Waals surface area contributed by atoms with Gasteiger partial charge in [0.2, 0.25) is 0 Å². The van der Waals surface area contributed by atoms with Crippen molar-refractivity contribution in [1.29, 1.82) is 0 Å². The number of esters is 2. The van der Waals surface area contributed by atoms with Gasteiger partial charge in [-0.05, 0) is 25.7 Å². The van der Waals surface area contributed by atoms with Crippen molar-refractivity contribution in [2.75, 3.05) is 47.5 Å².